The van der Waals surface area contributed by atoms with Gasteiger partial charge in [-0.2, -0.15) is 0 Å². The number of benzene rings is 1. The van der Waals surface area contributed by atoms with Crippen molar-refractivity contribution in [3.8, 4) is 0 Å². The van der Waals surface area contributed by atoms with Crippen molar-refractivity contribution in [3.05, 3.63) is 27.2 Å². The molecule has 0 unspecified atom stereocenters. The van der Waals surface area contributed by atoms with Crippen LogP contribution in [0.2, 0.25) is 0 Å². The maximum atomic E-state index is 11.4. The van der Waals surface area contributed by atoms with Crippen molar-refractivity contribution in [3.63, 3.8) is 0 Å². The molecule has 92 valence electrons. The van der Waals surface area contributed by atoms with E-state index in [2.05, 4.69) is 20.8 Å². The van der Waals surface area contributed by atoms with Crippen molar-refractivity contribution in [2.75, 3.05) is 18.0 Å². The van der Waals surface area contributed by atoms with Crippen LogP contribution in [0, 0.1) is 13.8 Å². The molecule has 17 heavy (non-hydrogen) atoms. The van der Waals surface area contributed by atoms with Crippen LogP contribution < -0.4 is 4.90 Å². The first-order chi connectivity index (χ1) is 8.02. The Kier molecular flexibility index (Phi) is 3.43. The van der Waals surface area contributed by atoms with E-state index in [1.54, 1.807) is 0 Å². The second kappa shape index (κ2) is 4.69. The second-order valence-electron chi connectivity index (χ2n) is 4.55. The van der Waals surface area contributed by atoms with Gasteiger partial charge in [-0.3, -0.25) is 0 Å². The van der Waals surface area contributed by atoms with Gasteiger partial charge in [0.05, 0.1) is 11.3 Å². The lowest BCUT2D eigenvalue weighted by Gasteiger charge is -2.24. The largest absolute Gasteiger partial charge is 0.478 e. The van der Waals surface area contributed by atoms with E-state index in [1.807, 2.05) is 19.9 Å². The number of hydrogen-bond donors (Lipinski definition) is 1. The number of halogens is 1. The molecule has 4 heteroatoms. The number of hydrogen-bond acceptors (Lipinski definition) is 2. The van der Waals surface area contributed by atoms with E-state index in [4.69, 9.17) is 0 Å². The summed E-state index contributed by atoms with van der Waals surface area (Å²) < 4.78 is 0.706. The normalized spacial score (nSPS) is 15.4. The first-order valence-electron chi connectivity index (χ1n) is 5.80. The van der Waals surface area contributed by atoms with E-state index in [-0.39, 0.29) is 0 Å². The fourth-order valence-corrected chi connectivity index (χ4v) is 2.97. The number of carboxylic acids is 1. The van der Waals surface area contributed by atoms with Gasteiger partial charge in [0.25, 0.3) is 0 Å². The number of anilines is 1. The van der Waals surface area contributed by atoms with E-state index in [0.29, 0.717) is 10.0 Å². The molecule has 0 aliphatic carbocycles. The Bertz CT molecular complexity index is 465. The molecule has 0 radical (unpaired) electrons. The highest BCUT2D eigenvalue weighted by molar-refractivity contribution is 9.10. The topological polar surface area (TPSA) is 40.5 Å². The third kappa shape index (κ3) is 2.18. The minimum Gasteiger partial charge on any atom is -0.478 e. The molecule has 0 amide bonds. The smallest absolute Gasteiger partial charge is 0.338 e. The third-order valence-corrected chi connectivity index (χ3v) is 4.27. The maximum absolute atomic E-state index is 11.4. The van der Waals surface area contributed by atoms with Crippen molar-refractivity contribution in [2.24, 2.45) is 0 Å². The van der Waals surface area contributed by atoms with Crippen molar-refractivity contribution in [1.29, 1.82) is 0 Å². The lowest BCUT2D eigenvalue weighted by atomic mass is 10.0. The minimum absolute atomic E-state index is 0.407. The Morgan fingerprint density at radius 1 is 1.29 bits per heavy atom. The van der Waals surface area contributed by atoms with Crippen LogP contribution in [0.3, 0.4) is 0 Å². The molecule has 1 saturated heterocycles. The average Bonchev–Trinajstić information content (AvgIpc) is 2.75. The summed E-state index contributed by atoms with van der Waals surface area (Å²) in [5.41, 5.74) is 3.31. The van der Waals surface area contributed by atoms with Crippen LogP contribution in [0.4, 0.5) is 5.69 Å². The van der Waals surface area contributed by atoms with E-state index in [9.17, 15) is 9.90 Å². The van der Waals surface area contributed by atoms with Gasteiger partial charge in [-0.1, -0.05) is 6.07 Å². The van der Waals surface area contributed by atoms with Gasteiger partial charge in [0.1, 0.15) is 0 Å². The lowest BCUT2D eigenvalue weighted by Crippen LogP contribution is -2.22. The highest BCUT2D eigenvalue weighted by Gasteiger charge is 2.24. The first-order valence-corrected chi connectivity index (χ1v) is 6.59. The highest BCUT2D eigenvalue weighted by atomic mass is 79.9. The summed E-state index contributed by atoms with van der Waals surface area (Å²) in [4.78, 5) is 13.6. The molecule has 1 aromatic carbocycles. The Morgan fingerprint density at radius 3 is 2.41 bits per heavy atom. The lowest BCUT2D eigenvalue weighted by molar-refractivity contribution is 0.0696. The fourth-order valence-electron chi connectivity index (χ4n) is 2.50. The first kappa shape index (κ1) is 12.4. The molecule has 3 nitrogen and oxygen atoms in total. The van der Waals surface area contributed by atoms with Gasteiger partial charge in [0.2, 0.25) is 0 Å². The summed E-state index contributed by atoms with van der Waals surface area (Å²) in [6, 6.07) is 2.05. The summed E-state index contributed by atoms with van der Waals surface area (Å²) in [6.45, 7) is 5.82. The van der Waals surface area contributed by atoms with Gasteiger partial charge in [-0.15, -0.1) is 0 Å². The van der Waals surface area contributed by atoms with E-state index in [0.717, 1.165) is 42.7 Å². The van der Waals surface area contributed by atoms with Crippen LogP contribution >= 0.6 is 15.9 Å². The summed E-state index contributed by atoms with van der Waals surface area (Å²) >= 11 is 3.41. The molecule has 1 aromatic rings. The summed E-state index contributed by atoms with van der Waals surface area (Å²) in [6.07, 6.45) is 2.29. The highest BCUT2D eigenvalue weighted by Crippen LogP contribution is 2.35. The van der Waals surface area contributed by atoms with Gasteiger partial charge in [-0.05, 0) is 53.7 Å². The zero-order valence-electron chi connectivity index (χ0n) is 10.1. The van der Waals surface area contributed by atoms with Crippen molar-refractivity contribution >= 4 is 27.6 Å². The molecule has 1 aliphatic rings. The van der Waals surface area contributed by atoms with Crippen LogP contribution in [0.25, 0.3) is 0 Å². The van der Waals surface area contributed by atoms with Crippen molar-refractivity contribution < 1.29 is 9.90 Å². The maximum Gasteiger partial charge on any atom is 0.338 e. The van der Waals surface area contributed by atoms with Gasteiger partial charge >= 0.3 is 5.97 Å². The quantitative estimate of drug-likeness (QED) is 0.910. The summed E-state index contributed by atoms with van der Waals surface area (Å²) in [5, 5.41) is 9.40. The number of aryl methyl sites for hydroxylation is 2. The van der Waals surface area contributed by atoms with Crippen LogP contribution in [0.5, 0.6) is 0 Å². The molecule has 1 fully saturated rings. The zero-order valence-corrected chi connectivity index (χ0v) is 11.7. The van der Waals surface area contributed by atoms with Crippen LogP contribution in [-0.4, -0.2) is 24.2 Å². The van der Waals surface area contributed by atoms with E-state index < -0.39 is 5.97 Å². The Balaban J connectivity index is 2.62. The molecule has 0 spiro atoms. The van der Waals surface area contributed by atoms with Crippen molar-refractivity contribution in [1.82, 2.24) is 0 Å². The number of carbonyl (C=O) groups is 1. The van der Waals surface area contributed by atoms with Crippen LogP contribution in [-0.2, 0) is 0 Å². The molecule has 0 aromatic heterocycles. The predicted octanol–water partition coefficient (Wildman–Crippen LogP) is 3.36. The van der Waals surface area contributed by atoms with E-state index >= 15 is 0 Å². The van der Waals surface area contributed by atoms with Crippen molar-refractivity contribution in [2.45, 2.75) is 26.7 Å². The zero-order chi connectivity index (χ0) is 12.6. The number of nitrogens with zero attached hydrogens (tertiary/aromatic N) is 1. The number of carboxylic acid groups (broad SMARTS) is 1. The molecule has 1 heterocycles. The molecule has 1 aliphatic heterocycles. The molecule has 0 saturated carbocycles. The molecular formula is C13H16BrNO2. The fraction of sp³-hybridized carbons (Fsp3) is 0.462. The van der Waals surface area contributed by atoms with Gasteiger partial charge < -0.3 is 10.0 Å². The van der Waals surface area contributed by atoms with E-state index in [1.165, 1.54) is 0 Å². The molecule has 1 N–H and O–H groups in total. The van der Waals surface area contributed by atoms with Crippen LogP contribution in [0.1, 0.15) is 34.3 Å². The Morgan fingerprint density at radius 2 is 1.88 bits per heavy atom. The summed E-state index contributed by atoms with van der Waals surface area (Å²) in [5.74, 6) is -0.856. The molecule has 2 rings (SSSR count). The number of rotatable bonds is 2. The SMILES string of the molecule is Cc1cc(C)c(N2CCCC2)c(C(=O)O)c1Br. The molecule has 0 atom stereocenters. The monoisotopic (exact) mass is 297 g/mol. The third-order valence-electron chi connectivity index (χ3n) is 3.25. The second-order valence-corrected chi connectivity index (χ2v) is 5.34. The average molecular weight is 298 g/mol. The predicted molar refractivity (Wildman–Crippen MR) is 72.0 cm³/mol. The number of aromatic carboxylic acids is 1. The summed E-state index contributed by atoms with van der Waals surface area (Å²) in [7, 11) is 0. The molecular weight excluding hydrogens is 282 g/mol. The Labute approximate surface area is 110 Å². The van der Waals surface area contributed by atoms with Gasteiger partial charge in [0.15, 0.2) is 0 Å². The van der Waals surface area contributed by atoms with Crippen LogP contribution in [0.15, 0.2) is 10.5 Å². The van der Waals surface area contributed by atoms with Gasteiger partial charge in [0, 0.05) is 17.6 Å². The molecule has 0 bridgehead atoms. The van der Waals surface area contributed by atoms with Gasteiger partial charge in [-0.25, -0.2) is 4.79 Å². The standard InChI is InChI=1S/C13H16BrNO2/c1-8-7-9(2)12(15-5-3-4-6-15)10(11(8)14)13(16)17/h7H,3-6H2,1-2H3,(H,16,17). The minimum atomic E-state index is -0.856. The Hall–Kier alpha value is -1.03.